The number of carbonyl (C=O) groups is 2. The fourth-order valence-electron chi connectivity index (χ4n) is 1.67. The van der Waals surface area contributed by atoms with Crippen LogP contribution in [0.3, 0.4) is 0 Å². The molecule has 2 N–H and O–H groups in total. The Morgan fingerprint density at radius 2 is 2.11 bits per heavy atom. The molecule has 5 nitrogen and oxygen atoms in total. The molecule has 98 valence electrons. The van der Waals surface area contributed by atoms with E-state index < -0.39 is 5.97 Å². The summed E-state index contributed by atoms with van der Waals surface area (Å²) in [4.78, 5) is 24.0. The third-order valence-electron chi connectivity index (χ3n) is 2.41. The number of likely N-dealkylation sites (N-methyl/N-ethyl adjacent to an activating group) is 2. The first kappa shape index (κ1) is 14.2. The summed E-state index contributed by atoms with van der Waals surface area (Å²) in [5, 5.41) is 11.6. The van der Waals surface area contributed by atoms with Gasteiger partial charge in [0, 0.05) is 13.1 Å². The molecule has 5 heteroatoms. The highest BCUT2D eigenvalue weighted by molar-refractivity contribution is 5.87. The lowest BCUT2D eigenvalue weighted by Crippen LogP contribution is -2.34. The zero-order valence-electron chi connectivity index (χ0n) is 10.6. The monoisotopic (exact) mass is 250 g/mol. The average molecular weight is 250 g/mol. The molecular weight excluding hydrogens is 232 g/mol. The van der Waals surface area contributed by atoms with Gasteiger partial charge in [-0.1, -0.05) is 12.1 Å². The molecule has 1 aromatic carbocycles. The molecule has 1 aromatic rings. The first-order chi connectivity index (χ1) is 8.52. The van der Waals surface area contributed by atoms with Crippen LogP contribution >= 0.6 is 0 Å². The van der Waals surface area contributed by atoms with Crippen molar-refractivity contribution in [3.05, 3.63) is 35.4 Å². The highest BCUT2D eigenvalue weighted by atomic mass is 16.4. The molecule has 0 radical (unpaired) electrons. The minimum absolute atomic E-state index is 0.0330. The fraction of sp³-hybridized carbons (Fsp3) is 0.385. The number of carboxylic acids is 1. The molecule has 0 aliphatic rings. The highest BCUT2D eigenvalue weighted by Gasteiger charge is 2.08. The van der Waals surface area contributed by atoms with Crippen molar-refractivity contribution in [2.24, 2.45) is 0 Å². The van der Waals surface area contributed by atoms with Gasteiger partial charge in [-0.15, -0.1) is 0 Å². The number of nitrogens with one attached hydrogen (secondary N) is 1. The number of carboxylic acid groups (broad SMARTS) is 1. The summed E-state index contributed by atoms with van der Waals surface area (Å²) < 4.78 is 0. The van der Waals surface area contributed by atoms with Gasteiger partial charge in [-0.05, 0) is 31.7 Å². The summed E-state index contributed by atoms with van der Waals surface area (Å²) in [6.07, 6.45) is 0. The number of hydrogen-bond acceptors (Lipinski definition) is 3. The van der Waals surface area contributed by atoms with Crippen molar-refractivity contribution in [1.29, 1.82) is 0 Å². The molecule has 0 saturated carbocycles. The Morgan fingerprint density at radius 1 is 1.39 bits per heavy atom. The van der Waals surface area contributed by atoms with Gasteiger partial charge in [0.15, 0.2) is 0 Å². The minimum Gasteiger partial charge on any atom is -0.478 e. The second-order valence-corrected chi connectivity index (χ2v) is 4.13. The minimum atomic E-state index is -0.941. The third kappa shape index (κ3) is 4.55. The number of carbonyl (C=O) groups excluding carboxylic acids is 1. The van der Waals surface area contributed by atoms with Crippen LogP contribution in [0.5, 0.6) is 0 Å². The molecule has 0 aliphatic heterocycles. The van der Waals surface area contributed by atoms with Gasteiger partial charge in [0.25, 0.3) is 0 Å². The van der Waals surface area contributed by atoms with Crippen LogP contribution in [0.1, 0.15) is 22.8 Å². The summed E-state index contributed by atoms with van der Waals surface area (Å²) in [7, 11) is 1.82. The standard InChI is InChI=1S/C13H18N2O3/c1-3-14-12(16)9-15(2)8-10-5-4-6-11(7-10)13(17)18/h4-7H,3,8-9H2,1-2H3,(H,14,16)(H,17,18). The molecule has 0 aliphatic carbocycles. The molecule has 0 unspecified atom stereocenters. The van der Waals surface area contributed by atoms with Gasteiger partial charge in [-0.25, -0.2) is 4.79 Å². The van der Waals surface area contributed by atoms with E-state index in [1.807, 2.05) is 24.9 Å². The van der Waals surface area contributed by atoms with Crippen LogP contribution in [0.15, 0.2) is 24.3 Å². The molecule has 0 aromatic heterocycles. The quantitative estimate of drug-likeness (QED) is 0.788. The van der Waals surface area contributed by atoms with Crippen LogP contribution in [-0.4, -0.2) is 42.0 Å². The zero-order valence-corrected chi connectivity index (χ0v) is 10.6. The summed E-state index contributed by atoms with van der Waals surface area (Å²) in [6.45, 7) is 3.32. The van der Waals surface area contributed by atoms with E-state index >= 15 is 0 Å². The number of hydrogen-bond donors (Lipinski definition) is 2. The highest BCUT2D eigenvalue weighted by Crippen LogP contribution is 2.07. The summed E-state index contributed by atoms with van der Waals surface area (Å²) in [5.74, 6) is -0.974. The maximum atomic E-state index is 11.4. The van der Waals surface area contributed by atoms with Crippen molar-refractivity contribution in [1.82, 2.24) is 10.2 Å². The zero-order chi connectivity index (χ0) is 13.5. The van der Waals surface area contributed by atoms with E-state index in [1.54, 1.807) is 18.2 Å². The van der Waals surface area contributed by atoms with Gasteiger partial charge < -0.3 is 10.4 Å². The van der Waals surface area contributed by atoms with Gasteiger partial charge in [-0.3, -0.25) is 9.69 Å². The van der Waals surface area contributed by atoms with Crippen LogP contribution in [0.25, 0.3) is 0 Å². The Balaban J connectivity index is 2.58. The van der Waals surface area contributed by atoms with Gasteiger partial charge in [0.2, 0.25) is 5.91 Å². The lowest BCUT2D eigenvalue weighted by atomic mass is 10.1. The van der Waals surface area contributed by atoms with Crippen LogP contribution in [0, 0.1) is 0 Å². The Labute approximate surface area is 106 Å². The summed E-state index contributed by atoms with van der Waals surface area (Å²) in [5.41, 5.74) is 1.14. The molecule has 0 saturated heterocycles. The predicted octanol–water partition coefficient (Wildman–Crippen LogP) is 0.953. The first-order valence-electron chi connectivity index (χ1n) is 5.80. The topological polar surface area (TPSA) is 69.6 Å². The second kappa shape index (κ2) is 6.76. The Bertz CT molecular complexity index is 432. The lowest BCUT2D eigenvalue weighted by Gasteiger charge is -2.16. The van der Waals surface area contributed by atoms with E-state index in [0.29, 0.717) is 19.6 Å². The SMILES string of the molecule is CCNC(=O)CN(C)Cc1cccc(C(=O)O)c1. The van der Waals surface area contributed by atoms with Gasteiger partial charge in [0.1, 0.15) is 0 Å². The molecule has 1 amide bonds. The molecule has 0 fully saturated rings. The number of amides is 1. The number of nitrogens with zero attached hydrogens (tertiary/aromatic N) is 1. The first-order valence-corrected chi connectivity index (χ1v) is 5.80. The predicted molar refractivity (Wildman–Crippen MR) is 68.4 cm³/mol. The van der Waals surface area contributed by atoms with Crippen molar-refractivity contribution in [2.75, 3.05) is 20.1 Å². The summed E-state index contributed by atoms with van der Waals surface area (Å²) in [6, 6.07) is 6.73. The Hall–Kier alpha value is -1.88. The van der Waals surface area contributed by atoms with Crippen LogP contribution < -0.4 is 5.32 Å². The maximum absolute atomic E-state index is 11.4. The number of aromatic carboxylic acids is 1. The lowest BCUT2D eigenvalue weighted by molar-refractivity contribution is -0.121. The fourth-order valence-corrected chi connectivity index (χ4v) is 1.67. The molecule has 0 bridgehead atoms. The normalized spacial score (nSPS) is 10.4. The van der Waals surface area contributed by atoms with Gasteiger partial charge in [-0.2, -0.15) is 0 Å². The van der Waals surface area contributed by atoms with Crippen molar-refractivity contribution < 1.29 is 14.7 Å². The van der Waals surface area contributed by atoms with Crippen molar-refractivity contribution in [3.63, 3.8) is 0 Å². The van der Waals surface area contributed by atoms with E-state index in [1.165, 1.54) is 0 Å². The van der Waals surface area contributed by atoms with E-state index in [0.717, 1.165) is 5.56 Å². The molecule has 18 heavy (non-hydrogen) atoms. The van der Waals surface area contributed by atoms with E-state index in [-0.39, 0.29) is 11.5 Å². The number of benzene rings is 1. The van der Waals surface area contributed by atoms with E-state index in [4.69, 9.17) is 5.11 Å². The average Bonchev–Trinajstić information content (AvgIpc) is 2.29. The van der Waals surface area contributed by atoms with Gasteiger partial charge >= 0.3 is 5.97 Å². The van der Waals surface area contributed by atoms with Crippen LogP contribution in [0.2, 0.25) is 0 Å². The van der Waals surface area contributed by atoms with Crippen molar-refractivity contribution in [2.45, 2.75) is 13.5 Å². The second-order valence-electron chi connectivity index (χ2n) is 4.13. The van der Waals surface area contributed by atoms with Crippen LogP contribution in [-0.2, 0) is 11.3 Å². The van der Waals surface area contributed by atoms with Gasteiger partial charge in [0.05, 0.1) is 12.1 Å². The molecule has 0 spiro atoms. The maximum Gasteiger partial charge on any atom is 0.335 e. The molecule has 0 heterocycles. The van der Waals surface area contributed by atoms with Crippen molar-refractivity contribution >= 4 is 11.9 Å². The van der Waals surface area contributed by atoms with E-state index in [2.05, 4.69) is 5.32 Å². The summed E-state index contributed by atoms with van der Waals surface area (Å²) >= 11 is 0. The van der Waals surface area contributed by atoms with Crippen LogP contribution in [0.4, 0.5) is 0 Å². The van der Waals surface area contributed by atoms with Crippen molar-refractivity contribution in [3.8, 4) is 0 Å². The smallest absolute Gasteiger partial charge is 0.335 e. The molecule has 0 atom stereocenters. The van der Waals surface area contributed by atoms with E-state index in [9.17, 15) is 9.59 Å². The largest absolute Gasteiger partial charge is 0.478 e. The Kier molecular flexibility index (Phi) is 5.32. The number of rotatable bonds is 6. The third-order valence-corrected chi connectivity index (χ3v) is 2.41. The molecular formula is C13H18N2O3. The molecule has 1 rings (SSSR count). The Morgan fingerprint density at radius 3 is 2.72 bits per heavy atom.